The second kappa shape index (κ2) is 4.07. The van der Waals surface area contributed by atoms with Crippen molar-refractivity contribution in [3.05, 3.63) is 35.5 Å². The summed E-state index contributed by atoms with van der Waals surface area (Å²) in [6, 6.07) is 8.87. The van der Waals surface area contributed by atoms with Crippen molar-refractivity contribution in [3.63, 3.8) is 0 Å². The number of aromatic nitrogens is 1. The summed E-state index contributed by atoms with van der Waals surface area (Å²) in [6.45, 7) is 6.04. The topological polar surface area (TPSA) is 30.9 Å². The molecule has 0 amide bonds. The Morgan fingerprint density at radius 2 is 2.07 bits per heavy atom. The molecule has 15 heavy (non-hydrogen) atoms. The van der Waals surface area contributed by atoms with Crippen LogP contribution in [0.3, 0.4) is 0 Å². The van der Waals surface area contributed by atoms with Crippen LogP contribution < -0.4 is 5.73 Å². The van der Waals surface area contributed by atoms with Gasteiger partial charge in [-0.2, -0.15) is 0 Å². The van der Waals surface area contributed by atoms with Crippen LogP contribution >= 0.6 is 0 Å². The maximum Gasteiger partial charge on any atom is 0.0482 e. The Morgan fingerprint density at radius 3 is 2.73 bits per heavy atom. The van der Waals surface area contributed by atoms with Gasteiger partial charge in [0.15, 0.2) is 0 Å². The van der Waals surface area contributed by atoms with E-state index in [0.717, 1.165) is 19.5 Å². The molecule has 2 aromatic rings. The molecule has 2 rings (SSSR count). The van der Waals surface area contributed by atoms with E-state index in [1.165, 1.54) is 22.2 Å². The number of benzene rings is 1. The zero-order valence-corrected chi connectivity index (χ0v) is 9.46. The quantitative estimate of drug-likeness (QED) is 0.814. The minimum absolute atomic E-state index is 0.718. The third-order valence-corrected chi connectivity index (χ3v) is 2.86. The van der Waals surface area contributed by atoms with E-state index in [-0.39, 0.29) is 0 Å². The van der Waals surface area contributed by atoms with Gasteiger partial charge in [-0.25, -0.2) is 0 Å². The molecule has 2 nitrogen and oxygen atoms in total. The van der Waals surface area contributed by atoms with Crippen LogP contribution in [-0.4, -0.2) is 11.1 Å². The van der Waals surface area contributed by atoms with Gasteiger partial charge in [0.1, 0.15) is 0 Å². The number of rotatable bonds is 3. The Hall–Kier alpha value is -1.28. The van der Waals surface area contributed by atoms with E-state index >= 15 is 0 Å². The lowest BCUT2D eigenvalue weighted by Gasteiger charge is -2.06. The zero-order valence-electron chi connectivity index (χ0n) is 9.46. The minimum Gasteiger partial charge on any atom is -0.345 e. The summed E-state index contributed by atoms with van der Waals surface area (Å²) in [5.41, 5.74) is 9.61. The first-order valence-corrected chi connectivity index (χ1v) is 5.55. The molecule has 0 aliphatic heterocycles. The molecule has 0 aliphatic rings. The van der Waals surface area contributed by atoms with Crippen molar-refractivity contribution in [2.75, 3.05) is 6.54 Å². The zero-order chi connectivity index (χ0) is 10.8. The van der Waals surface area contributed by atoms with Gasteiger partial charge in [-0.05, 0) is 45.0 Å². The fourth-order valence-corrected chi connectivity index (χ4v) is 2.18. The van der Waals surface area contributed by atoms with Gasteiger partial charge in [0, 0.05) is 23.1 Å². The fourth-order valence-electron chi connectivity index (χ4n) is 2.18. The van der Waals surface area contributed by atoms with E-state index in [1.807, 2.05) is 0 Å². The predicted molar refractivity (Wildman–Crippen MR) is 65.1 cm³/mol. The van der Waals surface area contributed by atoms with Gasteiger partial charge >= 0.3 is 0 Å². The molecule has 2 N–H and O–H groups in total. The number of nitrogens with two attached hydrogens (primary N) is 1. The van der Waals surface area contributed by atoms with Crippen molar-refractivity contribution in [2.45, 2.75) is 26.8 Å². The smallest absolute Gasteiger partial charge is 0.0482 e. The molecule has 0 radical (unpaired) electrons. The molecule has 1 heterocycles. The van der Waals surface area contributed by atoms with E-state index in [9.17, 15) is 0 Å². The fraction of sp³-hybridized carbons (Fsp3) is 0.385. The number of fused-ring (bicyclic) bond motifs is 1. The van der Waals surface area contributed by atoms with Crippen LogP contribution in [0.15, 0.2) is 24.3 Å². The third kappa shape index (κ3) is 1.77. The summed E-state index contributed by atoms with van der Waals surface area (Å²) in [5, 5.41) is 1.33. The van der Waals surface area contributed by atoms with E-state index < -0.39 is 0 Å². The summed E-state index contributed by atoms with van der Waals surface area (Å²) in [5.74, 6) is 0. The highest BCUT2D eigenvalue weighted by molar-refractivity contribution is 5.82. The van der Waals surface area contributed by atoms with E-state index in [2.05, 4.69) is 42.7 Å². The Balaban J connectivity index is 2.62. The number of aryl methyl sites for hydroxylation is 2. The number of nitrogens with zero attached hydrogens (tertiary/aromatic N) is 1. The second-order valence-electron chi connectivity index (χ2n) is 3.98. The number of hydrogen-bond donors (Lipinski definition) is 1. The highest BCUT2D eigenvalue weighted by Crippen LogP contribution is 2.21. The van der Waals surface area contributed by atoms with Crippen molar-refractivity contribution in [2.24, 2.45) is 5.73 Å². The summed E-state index contributed by atoms with van der Waals surface area (Å²) in [7, 11) is 0. The Labute approximate surface area is 90.7 Å². The summed E-state index contributed by atoms with van der Waals surface area (Å²) in [6.07, 6.45) is 0.960. The molecule has 0 saturated heterocycles. The molecule has 0 aliphatic carbocycles. The summed E-state index contributed by atoms with van der Waals surface area (Å²) >= 11 is 0. The molecule has 0 spiro atoms. The van der Waals surface area contributed by atoms with Gasteiger partial charge in [0.05, 0.1) is 0 Å². The van der Waals surface area contributed by atoms with Crippen LogP contribution in [0.1, 0.15) is 18.2 Å². The highest BCUT2D eigenvalue weighted by Gasteiger charge is 2.06. The normalized spacial score (nSPS) is 11.1. The molecular weight excluding hydrogens is 184 g/mol. The van der Waals surface area contributed by atoms with Crippen LogP contribution in [0.2, 0.25) is 0 Å². The van der Waals surface area contributed by atoms with Crippen molar-refractivity contribution in [1.82, 2.24) is 4.57 Å². The van der Waals surface area contributed by atoms with Crippen LogP contribution in [0, 0.1) is 6.92 Å². The SMILES string of the molecule is CCn1c(CCN)cc2cc(C)ccc21. The highest BCUT2D eigenvalue weighted by atomic mass is 15.0. The molecular formula is C13H18N2. The van der Waals surface area contributed by atoms with Gasteiger partial charge < -0.3 is 10.3 Å². The lowest BCUT2D eigenvalue weighted by atomic mass is 10.2. The first kappa shape index (κ1) is 10.2. The average Bonchev–Trinajstić information content (AvgIpc) is 2.54. The molecule has 2 heteroatoms. The van der Waals surface area contributed by atoms with Crippen LogP contribution in [0.4, 0.5) is 0 Å². The average molecular weight is 202 g/mol. The first-order chi connectivity index (χ1) is 7.26. The molecule has 1 aromatic carbocycles. The van der Waals surface area contributed by atoms with E-state index in [4.69, 9.17) is 5.73 Å². The van der Waals surface area contributed by atoms with Crippen molar-refractivity contribution < 1.29 is 0 Å². The minimum atomic E-state index is 0.718. The predicted octanol–water partition coefficient (Wildman–Crippen LogP) is 2.47. The van der Waals surface area contributed by atoms with Gasteiger partial charge in [-0.15, -0.1) is 0 Å². The Morgan fingerprint density at radius 1 is 1.27 bits per heavy atom. The molecule has 0 saturated carbocycles. The second-order valence-corrected chi connectivity index (χ2v) is 3.98. The molecule has 0 atom stereocenters. The Bertz CT molecular complexity index is 469. The van der Waals surface area contributed by atoms with Crippen molar-refractivity contribution >= 4 is 10.9 Å². The lowest BCUT2D eigenvalue weighted by Crippen LogP contribution is -2.07. The van der Waals surface area contributed by atoms with E-state index in [1.54, 1.807) is 0 Å². The van der Waals surface area contributed by atoms with Gasteiger partial charge in [0.2, 0.25) is 0 Å². The monoisotopic (exact) mass is 202 g/mol. The van der Waals surface area contributed by atoms with Gasteiger partial charge in [0.25, 0.3) is 0 Å². The van der Waals surface area contributed by atoms with Crippen LogP contribution in [0.25, 0.3) is 10.9 Å². The summed E-state index contributed by atoms with van der Waals surface area (Å²) in [4.78, 5) is 0. The molecule has 0 unspecified atom stereocenters. The Kier molecular flexibility index (Phi) is 2.78. The molecule has 1 aromatic heterocycles. The molecule has 0 fully saturated rings. The van der Waals surface area contributed by atoms with Crippen LogP contribution in [-0.2, 0) is 13.0 Å². The summed E-state index contributed by atoms with van der Waals surface area (Å²) < 4.78 is 2.35. The molecule has 80 valence electrons. The van der Waals surface area contributed by atoms with Crippen molar-refractivity contribution in [3.8, 4) is 0 Å². The lowest BCUT2D eigenvalue weighted by molar-refractivity contribution is 0.732. The number of hydrogen-bond acceptors (Lipinski definition) is 1. The van der Waals surface area contributed by atoms with Gasteiger partial charge in [-0.3, -0.25) is 0 Å². The maximum atomic E-state index is 5.62. The maximum absolute atomic E-state index is 5.62. The standard InChI is InChI=1S/C13H18N2/c1-3-15-12(6-7-14)9-11-8-10(2)4-5-13(11)15/h4-5,8-9H,3,6-7,14H2,1-2H3. The van der Waals surface area contributed by atoms with Crippen molar-refractivity contribution in [1.29, 1.82) is 0 Å². The van der Waals surface area contributed by atoms with E-state index in [0.29, 0.717) is 0 Å². The first-order valence-electron chi connectivity index (χ1n) is 5.55. The third-order valence-electron chi connectivity index (χ3n) is 2.86. The van der Waals surface area contributed by atoms with Crippen LogP contribution in [0.5, 0.6) is 0 Å². The largest absolute Gasteiger partial charge is 0.345 e. The molecule has 0 bridgehead atoms. The van der Waals surface area contributed by atoms with Gasteiger partial charge in [-0.1, -0.05) is 11.6 Å².